The van der Waals surface area contributed by atoms with Crippen molar-refractivity contribution in [1.29, 1.82) is 0 Å². The van der Waals surface area contributed by atoms with E-state index in [2.05, 4.69) is 5.10 Å². The van der Waals surface area contributed by atoms with Crippen molar-refractivity contribution in [2.45, 2.75) is 38.3 Å². The van der Waals surface area contributed by atoms with Crippen LogP contribution in [0.2, 0.25) is 0 Å². The zero-order chi connectivity index (χ0) is 28.4. The van der Waals surface area contributed by atoms with E-state index in [0.29, 0.717) is 17.7 Å². The lowest BCUT2D eigenvalue weighted by Gasteiger charge is -2.14. The summed E-state index contributed by atoms with van der Waals surface area (Å²) in [4.78, 5) is 24.1. The van der Waals surface area contributed by atoms with Gasteiger partial charge in [-0.2, -0.15) is 31.4 Å². The van der Waals surface area contributed by atoms with Crippen molar-refractivity contribution in [2.75, 3.05) is 0 Å². The van der Waals surface area contributed by atoms with E-state index in [4.69, 9.17) is 0 Å². The molecule has 0 aliphatic heterocycles. The summed E-state index contributed by atoms with van der Waals surface area (Å²) < 4.78 is 81.9. The van der Waals surface area contributed by atoms with Gasteiger partial charge in [0.05, 0.1) is 34.7 Å². The first-order valence-corrected chi connectivity index (χ1v) is 11.5. The molecule has 4 aromatic rings. The van der Waals surface area contributed by atoms with Gasteiger partial charge in [0.15, 0.2) is 0 Å². The third-order valence-corrected chi connectivity index (χ3v) is 5.98. The van der Waals surface area contributed by atoms with Crippen LogP contribution in [0, 0.1) is 10.1 Å². The van der Waals surface area contributed by atoms with E-state index in [1.54, 1.807) is 36.4 Å². The van der Waals surface area contributed by atoms with Crippen molar-refractivity contribution in [3.8, 4) is 0 Å². The summed E-state index contributed by atoms with van der Waals surface area (Å²) in [5.41, 5.74) is -3.06. The van der Waals surface area contributed by atoms with Crippen molar-refractivity contribution in [3.63, 3.8) is 0 Å². The molecule has 0 aliphatic carbocycles. The van der Waals surface area contributed by atoms with Gasteiger partial charge in [-0.05, 0) is 35.7 Å². The molecule has 0 fully saturated rings. The summed E-state index contributed by atoms with van der Waals surface area (Å²) in [6.45, 7) is -0.227. The smallest absolute Gasteiger partial charge is 0.274 e. The average molecular weight is 550 g/mol. The number of nitrogens with zero attached hydrogens (tertiary/aromatic N) is 4. The Kier molecular flexibility index (Phi) is 7.61. The summed E-state index contributed by atoms with van der Waals surface area (Å²) in [7, 11) is 0. The van der Waals surface area contributed by atoms with E-state index in [9.17, 15) is 41.3 Å². The maximum absolute atomic E-state index is 13.3. The van der Waals surface area contributed by atoms with E-state index >= 15 is 0 Å². The summed E-state index contributed by atoms with van der Waals surface area (Å²) in [5.74, 6) is 0.105. The molecule has 4 rings (SSSR count). The van der Waals surface area contributed by atoms with Gasteiger partial charge >= 0.3 is 18.0 Å². The van der Waals surface area contributed by atoms with Crippen LogP contribution in [0.5, 0.6) is 0 Å². The van der Waals surface area contributed by atoms with Crippen LogP contribution < -0.4 is 5.69 Å². The number of benzene rings is 3. The van der Waals surface area contributed by atoms with Crippen molar-refractivity contribution < 1.29 is 31.3 Å². The highest BCUT2D eigenvalue weighted by atomic mass is 19.4. The Labute approximate surface area is 217 Å². The van der Waals surface area contributed by atoms with Crippen LogP contribution >= 0.6 is 0 Å². The molecule has 0 radical (unpaired) electrons. The Bertz CT molecular complexity index is 1510. The zero-order valence-electron chi connectivity index (χ0n) is 20.0. The van der Waals surface area contributed by atoms with Gasteiger partial charge in [0.1, 0.15) is 5.82 Å². The Morgan fingerprint density at radius 3 is 1.95 bits per heavy atom. The molecule has 3 aromatic carbocycles. The van der Waals surface area contributed by atoms with Crippen LogP contribution in [-0.2, 0) is 38.3 Å². The minimum absolute atomic E-state index is 0.0300. The summed E-state index contributed by atoms with van der Waals surface area (Å²) in [6.07, 6.45) is -10.4. The summed E-state index contributed by atoms with van der Waals surface area (Å²) in [6, 6.07) is 15.8. The van der Waals surface area contributed by atoms with E-state index in [1.807, 2.05) is 0 Å². The highest BCUT2D eigenvalue weighted by molar-refractivity contribution is 5.40. The molecule has 13 heteroatoms. The molecule has 0 unspecified atom stereocenters. The molecular weight excluding hydrogens is 530 g/mol. The van der Waals surface area contributed by atoms with Crippen LogP contribution in [0.25, 0.3) is 0 Å². The van der Waals surface area contributed by atoms with Crippen LogP contribution in [0.1, 0.15) is 33.6 Å². The van der Waals surface area contributed by atoms with Gasteiger partial charge in [-0.25, -0.2) is 9.48 Å². The van der Waals surface area contributed by atoms with Gasteiger partial charge in [-0.3, -0.25) is 14.7 Å². The van der Waals surface area contributed by atoms with Crippen molar-refractivity contribution in [2.24, 2.45) is 0 Å². The Morgan fingerprint density at radius 2 is 1.36 bits per heavy atom. The predicted octanol–water partition coefficient (Wildman–Crippen LogP) is 5.87. The Morgan fingerprint density at radius 1 is 0.769 bits per heavy atom. The van der Waals surface area contributed by atoms with Crippen molar-refractivity contribution in [1.82, 2.24) is 14.3 Å². The Balaban J connectivity index is 1.71. The van der Waals surface area contributed by atoms with Gasteiger partial charge in [0.25, 0.3) is 5.69 Å². The number of alkyl halides is 6. The molecule has 7 nitrogen and oxygen atoms in total. The lowest BCUT2D eigenvalue weighted by Crippen LogP contribution is -2.26. The number of aryl methyl sites for hydroxylation is 2. The SMILES string of the molecule is O=c1n(Cc2ccccc2[N+](=O)[O-])nc(CCc2cc(C(F)(F)F)cc(C(F)(F)F)c2)n1Cc1ccccc1. The van der Waals surface area contributed by atoms with E-state index in [1.165, 1.54) is 22.8 Å². The van der Waals surface area contributed by atoms with Gasteiger partial charge in [-0.1, -0.05) is 48.5 Å². The van der Waals surface area contributed by atoms with Gasteiger partial charge in [0, 0.05) is 12.5 Å². The fourth-order valence-electron chi connectivity index (χ4n) is 4.10. The zero-order valence-corrected chi connectivity index (χ0v) is 20.0. The van der Waals surface area contributed by atoms with Gasteiger partial charge in [-0.15, -0.1) is 0 Å². The molecule has 1 heterocycles. The van der Waals surface area contributed by atoms with E-state index in [0.717, 1.165) is 4.68 Å². The molecule has 1 aromatic heterocycles. The van der Waals surface area contributed by atoms with Crippen LogP contribution in [-0.4, -0.2) is 19.3 Å². The number of hydrogen-bond acceptors (Lipinski definition) is 4. The second-order valence-corrected chi connectivity index (χ2v) is 8.73. The fraction of sp³-hybridized carbons (Fsp3) is 0.231. The first-order chi connectivity index (χ1) is 18.3. The fourth-order valence-corrected chi connectivity index (χ4v) is 4.10. The summed E-state index contributed by atoms with van der Waals surface area (Å²) in [5, 5.41) is 15.7. The minimum atomic E-state index is -4.99. The number of nitro benzene ring substituents is 1. The maximum Gasteiger partial charge on any atom is 0.416 e. The van der Waals surface area contributed by atoms with Crippen LogP contribution in [0.4, 0.5) is 32.0 Å². The van der Waals surface area contributed by atoms with Crippen LogP contribution in [0.15, 0.2) is 77.6 Å². The van der Waals surface area contributed by atoms with Crippen molar-refractivity contribution >= 4 is 5.69 Å². The molecule has 39 heavy (non-hydrogen) atoms. The second-order valence-electron chi connectivity index (χ2n) is 8.73. The molecule has 204 valence electrons. The monoisotopic (exact) mass is 550 g/mol. The highest BCUT2D eigenvalue weighted by Crippen LogP contribution is 2.36. The maximum atomic E-state index is 13.3. The molecule has 0 atom stereocenters. The van der Waals surface area contributed by atoms with Gasteiger partial charge < -0.3 is 0 Å². The standard InChI is InChI=1S/C26H20F6N4O3/c27-25(28,29)20-12-18(13-21(14-20)26(30,31)32)10-11-23-33-35(16-19-8-4-5-9-22(19)36(38)39)24(37)34(23)15-17-6-2-1-3-7-17/h1-9,12-14H,10-11,15-16H2. The molecule has 0 bridgehead atoms. The highest BCUT2D eigenvalue weighted by Gasteiger charge is 2.36. The van der Waals surface area contributed by atoms with Crippen LogP contribution in [0.3, 0.4) is 0 Å². The first-order valence-electron chi connectivity index (χ1n) is 11.5. The third kappa shape index (κ3) is 6.54. The second kappa shape index (κ2) is 10.8. The summed E-state index contributed by atoms with van der Waals surface area (Å²) >= 11 is 0. The van der Waals surface area contributed by atoms with E-state index < -0.39 is 34.1 Å². The molecular formula is C26H20F6N4O3. The van der Waals surface area contributed by atoms with Gasteiger partial charge in [0.2, 0.25) is 0 Å². The average Bonchev–Trinajstić information content (AvgIpc) is 3.16. The normalized spacial score (nSPS) is 12.1. The molecule has 0 saturated carbocycles. The topological polar surface area (TPSA) is 83.0 Å². The molecule has 0 amide bonds. The lowest BCUT2D eigenvalue weighted by atomic mass is 10.0. The molecule has 0 N–H and O–H groups in total. The Hall–Kier alpha value is -4.42. The quantitative estimate of drug-likeness (QED) is 0.156. The third-order valence-electron chi connectivity index (χ3n) is 5.98. The predicted molar refractivity (Wildman–Crippen MR) is 128 cm³/mol. The van der Waals surface area contributed by atoms with E-state index in [-0.39, 0.29) is 54.6 Å². The number of halogens is 6. The largest absolute Gasteiger partial charge is 0.416 e. The lowest BCUT2D eigenvalue weighted by molar-refractivity contribution is -0.385. The number of rotatable bonds is 8. The number of aromatic nitrogens is 3. The number of nitro groups is 1. The molecule has 0 saturated heterocycles. The number of para-hydroxylation sites is 1. The minimum Gasteiger partial charge on any atom is -0.274 e. The number of hydrogen-bond donors (Lipinski definition) is 0. The van der Waals surface area contributed by atoms with Crippen molar-refractivity contribution in [3.05, 3.63) is 127 Å². The first kappa shape index (κ1) is 27.6. The molecule has 0 spiro atoms. The molecule has 0 aliphatic rings.